The largest absolute Gasteiger partial charge is 0.336 e. The Morgan fingerprint density at radius 3 is 2.57 bits per heavy atom. The summed E-state index contributed by atoms with van der Waals surface area (Å²) >= 11 is 0. The summed E-state index contributed by atoms with van der Waals surface area (Å²) in [5.41, 5.74) is 8.01. The number of rotatable bonds is 3. The molecule has 1 aromatic carbocycles. The maximum Gasteiger partial charge on any atom is 0.316 e. The van der Waals surface area contributed by atoms with Gasteiger partial charge in [0.1, 0.15) is 0 Å². The molecule has 3 rings (SSSR count). The first-order valence-corrected chi connectivity index (χ1v) is 7.45. The van der Waals surface area contributed by atoms with E-state index < -0.39 is 11.8 Å². The van der Waals surface area contributed by atoms with Crippen molar-refractivity contribution in [3.05, 3.63) is 29.8 Å². The molecule has 21 heavy (non-hydrogen) atoms. The van der Waals surface area contributed by atoms with Crippen molar-refractivity contribution in [1.82, 2.24) is 4.90 Å². The van der Waals surface area contributed by atoms with Gasteiger partial charge in [0.2, 0.25) is 0 Å². The Morgan fingerprint density at radius 1 is 1.19 bits per heavy atom. The van der Waals surface area contributed by atoms with Crippen LogP contribution in [0.2, 0.25) is 0 Å². The Morgan fingerprint density at radius 2 is 1.95 bits per heavy atom. The molecule has 2 amide bonds. The number of nitrogens with zero attached hydrogens (tertiary/aromatic N) is 2. The van der Waals surface area contributed by atoms with Crippen LogP contribution in [-0.2, 0) is 15.0 Å². The highest BCUT2D eigenvalue weighted by atomic mass is 16.2. The van der Waals surface area contributed by atoms with Crippen molar-refractivity contribution in [3.63, 3.8) is 0 Å². The third-order valence-corrected chi connectivity index (χ3v) is 4.91. The number of hydrogen-bond acceptors (Lipinski definition) is 3. The minimum Gasteiger partial charge on any atom is -0.336 e. The Hall–Kier alpha value is -1.88. The van der Waals surface area contributed by atoms with Crippen LogP contribution in [0.15, 0.2) is 24.3 Å². The molecule has 1 aliphatic carbocycles. The topological polar surface area (TPSA) is 66.6 Å². The van der Waals surface area contributed by atoms with Gasteiger partial charge in [-0.3, -0.25) is 9.59 Å². The molecule has 1 aromatic rings. The van der Waals surface area contributed by atoms with Crippen molar-refractivity contribution < 1.29 is 9.59 Å². The molecule has 5 heteroatoms. The molecule has 0 radical (unpaired) electrons. The number of carbonyl (C=O) groups excluding carboxylic acids is 2. The summed E-state index contributed by atoms with van der Waals surface area (Å²) in [6, 6.07) is 7.96. The van der Waals surface area contributed by atoms with Crippen LogP contribution in [0.25, 0.3) is 0 Å². The Balaban J connectivity index is 1.90. The number of benzene rings is 1. The Kier molecular flexibility index (Phi) is 3.45. The van der Waals surface area contributed by atoms with E-state index in [2.05, 4.69) is 6.07 Å². The molecule has 1 heterocycles. The molecule has 0 bridgehead atoms. The fourth-order valence-corrected chi connectivity index (χ4v) is 3.20. The van der Waals surface area contributed by atoms with Gasteiger partial charge in [-0.1, -0.05) is 18.6 Å². The molecule has 0 aromatic heterocycles. The van der Waals surface area contributed by atoms with E-state index in [9.17, 15) is 9.59 Å². The molecule has 112 valence electrons. The smallest absolute Gasteiger partial charge is 0.316 e. The van der Waals surface area contributed by atoms with Crippen molar-refractivity contribution in [3.8, 4) is 0 Å². The van der Waals surface area contributed by atoms with Crippen molar-refractivity contribution in [2.24, 2.45) is 5.73 Å². The fourth-order valence-electron chi connectivity index (χ4n) is 3.20. The summed E-state index contributed by atoms with van der Waals surface area (Å²) in [6.07, 6.45) is 3.40. The molecule has 1 saturated carbocycles. The summed E-state index contributed by atoms with van der Waals surface area (Å²) in [6.45, 7) is 1.74. The third-order valence-electron chi connectivity index (χ3n) is 4.91. The first kappa shape index (κ1) is 14.1. The summed E-state index contributed by atoms with van der Waals surface area (Å²) in [7, 11) is 1.66. The van der Waals surface area contributed by atoms with Gasteiger partial charge in [0, 0.05) is 37.8 Å². The molecule has 0 unspecified atom stereocenters. The minimum atomic E-state index is -0.448. The highest BCUT2D eigenvalue weighted by molar-refractivity contribution is 6.40. The first-order chi connectivity index (χ1) is 10.1. The number of carbonyl (C=O) groups is 2. The van der Waals surface area contributed by atoms with Crippen LogP contribution in [0.1, 0.15) is 24.8 Å². The summed E-state index contributed by atoms with van der Waals surface area (Å²) in [4.78, 5) is 27.0. The molecular weight excluding hydrogens is 266 g/mol. The third kappa shape index (κ3) is 2.21. The lowest BCUT2D eigenvalue weighted by molar-refractivity contribution is -0.145. The normalized spacial score (nSPS) is 21.4. The number of piperazine rings is 1. The van der Waals surface area contributed by atoms with E-state index in [1.54, 1.807) is 11.9 Å². The van der Waals surface area contributed by atoms with E-state index in [4.69, 9.17) is 5.73 Å². The van der Waals surface area contributed by atoms with Gasteiger partial charge in [-0.15, -0.1) is 0 Å². The lowest BCUT2D eigenvalue weighted by atomic mass is 9.64. The number of amides is 2. The number of nitrogens with two attached hydrogens (primary N) is 1. The van der Waals surface area contributed by atoms with Gasteiger partial charge in [0.05, 0.1) is 0 Å². The number of hydrogen-bond donors (Lipinski definition) is 1. The highest BCUT2D eigenvalue weighted by Crippen LogP contribution is 2.43. The number of anilines is 1. The second kappa shape index (κ2) is 5.15. The standard InChI is InChI=1S/C16H21N3O2/c1-18-8-9-19(15(21)14(18)20)13-5-2-4-12(10-13)16(11-17)6-3-7-16/h2,4-5,10H,3,6-9,11,17H2,1H3. The van der Waals surface area contributed by atoms with Crippen LogP contribution >= 0.6 is 0 Å². The van der Waals surface area contributed by atoms with Crippen LogP contribution < -0.4 is 10.6 Å². The van der Waals surface area contributed by atoms with Gasteiger partial charge < -0.3 is 15.5 Å². The zero-order valence-corrected chi connectivity index (χ0v) is 12.3. The minimum absolute atomic E-state index is 0.0651. The van der Waals surface area contributed by atoms with E-state index in [1.165, 1.54) is 16.9 Å². The van der Waals surface area contributed by atoms with Crippen LogP contribution in [-0.4, -0.2) is 43.4 Å². The van der Waals surface area contributed by atoms with Crippen LogP contribution in [0, 0.1) is 0 Å². The van der Waals surface area contributed by atoms with E-state index in [0.717, 1.165) is 18.5 Å². The van der Waals surface area contributed by atoms with Crippen molar-refractivity contribution in [1.29, 1.82) is 0 Å². The maximum atomic E-state index is 12.2. The molecular formula is C16H21N3O2. The predicted octanol–water partition coefficient (Wildman–Crippen LogP) is 0.872. The van der Waals surface area contributed by atoms with Crippen LogP contribution in [0.5, 0.6) is 0 Å². The zero-order chi connectivity index (χ0) is 15.0. The molecule has 2 fully saturated rings. The zero-order valence-electron chi connectivity index (χ0n) is 12.3. The van der Waals surface area contributed by atoms with E-state index in [0.29, 0.717) is 19.6 Å². The van der Waals surface area contributed by atoms with Gasteiger partial charge >= 0.3 is 11.8 Å². The lowest BCUT2D eigenvalue weighted by Gasteiger charge is -2.42. The van der Waals surface area contributed by atoms with Gasteiger partial charge in [0.15, 0.2) is 0 Å². The van der Waals surface area contributed by atoms with E-state index in [1.807, 2.05) is 18.2 Å². The Labute approximate surface area is 124 Å². The van der Waals surface area contributed by atoms with E-state index >= 15 is 0 Å². The second-order valence-corrected chi connectivity index (χ2v) is 6.07. The molecule has 0 atom stereocenters. The van der Waals surface area contributed by atoms with Gasteiger partial charge in [-0.2, -0.15) is 0 Å². The maximum absolute atomic E-state index is 12.2. The van der Waals surface area contributed by atoms with E-state index in [-0.39, 0.29) is 5.41 Å². The quantitative estimate of drug-likeness (QED) is 0.839. The Bertz CT molecular complexity index is 575. The monoisotopic (exact) mass is 287 g/mol. The molecule has 2 aliphatic rings. The molecule has 5 nitrogen and oxygen atoms in total. The molecule has 0 spiro atoms. The summed E-state index contributed by atoms with van der Waals surface area (Å²) < 4.78 is 0. The van der Waals surface area contributed by atoms with Gasteiger partial charge in [-0.05, 0) is 30.5 Å². The molecule has 1 aliphatic heterocycles. The highest BCUT2D eigenvalue weighted by Gasteiger charge is 2.38. The fraction of sp³-hybridized carbons (Fsp3) is 0.500. The lowest BCUT2D eigenvalue weighted by Crippen LogP contribution is -2.53. The molecule has 1 saturated heterocycles. The van der Waals surface area contributed by atoms with Gasteiger partial charge in [-0.25, -0.2) is 0 Å². The summed E-state index contributed by atoms with van der Waals surface area (Å²) in [5, 5.41) is 0. The van der Waals surface area contributed by atoms with Crippen molar-refractivity contribution in [2.45, 2.75) is 24.7 Å². The predicted molar refractivity (Wildman–Crippen MR) is 81.0 cm³/mol. The average Bonchev–Trinajstić information content (AvgIpc) is 2.45. The van der Waals surface area contributed by atoms with Crippen LogP contribution in [0.4, 0.5) is 5.69 Å². The SMILES string of the molecule is CN1CCN(c2cccc(C3(CN)CCC3)c2)C(=O)C1=O. The summed E-state index contributed by atoms with van der Waals surface area (Å²) in [5.74, 6) is -0.889. The van der Waals surface area contributed by atoms with Crippen molar-refractivity contribution >= 4 is 17.5 Å². The number of likely N-dealkylation sites (N-methyl/N-ethyl adjacent to an activating group) is 1. The van der Waals surface area contributed by atoms with Crippen LogP contribution in [0.3, 0.4) is 0 Å². The average molecular weight is 287 g/mol. The molecule has 2 N–H and O–H groups in total. The van der Waals surface area contributed by atoms with Gasteiger partial charge in [0.25, 0.3) is 0 Å². The van der Waals surface area contributed by atoms with Crippen molar-refractivity contribution in [2.75, 3.05) is 31.6 Å². The first-order valence-electron chi connectivity index (χ1n) is 7.45. The second-order valence-electron chi connectivity index (χ2n) is 6.07.